The summed E-state index contributed by atoms with van der Waals surface area (Å²) in [5.74, 6) is 0.790. The molecule has 0 saturated heterocycles. The number of hydrogen-bond donors (Lipinski definition) is 0. The number of urea groups is 1. The molecule has 0 bridgehead atoms. The number of furan rings is 1. The Morgan fingerprint density at radius 1 is 1.46 bits per heavy atom. The van der Waals surface area contributed by atoms with E-state index in [4.69, 9.17) is 4.42 Å². The van der Waals surface area contributed by atoms with E-state index in [1.54, 1.807) is 32.3 Å². The first-order valence-corrected chi connectivity index (χ1v) is 4.06. The summed E-state index contributed by atoms with van der Waals surface area (Å²) in [5, 5.41) is 0. The maximum Gasteiger partial charge on any atom is 0.319 e. The second-order valence-corrected chi connectivity index (χ2v) is 3.11. The van der Waals surface area contributed by atoms with Crippen molar-refractivity contribution in [3.8, 4) is 0 Å². The van der Waals surface area contributed by atoms with Crippen LogP contribution >= 0.6 is 0 Å². The molecule has 0 aliphatic carbocycles. The van der Waals surface area contributed by atoms with Crippen molar-refractivity contribution < 1.29 is 9.21 Å². The number of carbonyl (C=O) groups excluding carboxylic acids is 1. The van der Waals surface area contributed by atoms with Crippen LogP contribution in [0.15, 0.2) is 22.8 Å². The number of amides is 2. The molecule has 1 aromatic heterocycles. The van der Waals surface area contributed by atoms with Crippen LogP contribution in [-0.4, -0.2) is 37.0 Å². The van der Waals surface area contributed by atoms with Gasteiger partial charge in [0, 0.05) is 21.1 Å². The summed E-state index contributed by atoms with van der Waals surface area (Å²) in [4.78, 5) is 14.5. The monoisotopic (exact) mass is 182 g/mol. The Labute approximate surface area is 77.7 Å². The fourth-order valence-corrected chi connectivity index (χ4v) is 1.05. The fraction of sp³-hybridized carbons (Fsp3) is 0.444. The van der Waals surface area contributed by atoms with E-state index in [2.05, 4.69) is 0 Å². The van der Waals surface area contributed by atoms with E-state index in [0.717, 1.165) is 5.76 Å². The summed E-state index contributed by atoms with van der Waals surface area (Å²) >= 11 is 0. The van der Waals surface area contributed by atoms with Gasteiger partial charge >= 0.3 is 6.03 Å². The summed E-state index contributed by atoms with van der Waals surface area (Å²) in [6.45, 7) is 0.504. The molecule has 0 unspecified atom stereocenters. The maximum absolute atomic E-state index is 11.4. The number of hydrogen-bond acceptors (Lipinski definition) is 2. The van der Waals surface area contributed by atoms with Gasteiger partial charge in [-0.1, -0.05) is 0 Å². The van der Waals surface area contributed by atoms with Gasteiger partial charge in [-0.15, -0.1) is 0 Å². The summed E-state index contributed by atoms with van der Waals surface area (Å²) < 4.78 is 5.12. The van der Waals surface area contributed by atoms with Gasteiger partial charge in [-0.05, 0) is 12.1 Å². The van der Waals surface area contributed by atoms with E-state index in [1.807, 2.05) is 12.1 Å². The minimum atomic E-state index is -0.0311. The number of nitrogens with zero attached hydrogens (tertiary/aromatic N) is 2. The smallest absolute Gasteiger partial charge is 0.319 e. The van der Waals surface area contributed by atoms with Crippen LogP contribution in [0.5, 0.6) is 0 Å². The molecule has 1 heterocycles. The lowest BCUT2D eigenvalue weighted by Gasteiger charge is -2.20. The molecule has 0 fully saturated rings. The Bertz CT molecular complexity index is 267. The van der Waals surface area contributed by atoms with E-state index < -0.39 is 0 Å². The molecule has 0 aromatic carbocycles. The zero-order chi connectivity index (χ0) is 9.84. The third-order valence-corrected chi connectivity index (χ3v) is 1.68. The van der Waals surface area contributed by atoms with Gasteiger partial charge < -0.3 is 14.2 Å². The molecule has 2 amide bonds. The standard InChI is InChI=1S/C9H14N2O2/c1-10(2)9(12)11(3)7-8-5-4-6-13-8/h4-6H,7H2,1-3H3. The average Bonchev–Trinajstić information content (AvgIpc) is 2.55. The van der Waals surface area contributed by atoms with Gasteiger partial charge in [-0.3, -0.25) is 0 Å². The highest BCUT2D eigenvalue weighted by Gasteiger charge is 2.11. The van der Waals surface area contributed by atoms with Crippen LogP contribution in [0.25, 0.3) is 0 Å². The summed E-state index contributed by atoms with van der Waals surface area (Å²) in [7, 11) is 5.19. The minimum absolute atomic E-state index is 0.0311. The van der Waals surface area contributed by atoms with E-state index >= 15 is 0 Å². The molecule has 0 radical (unpaired) electrons. The predicted molar refractivity (Wildman–Crippen MR) is 49.3 cm³/mol. The average molecular weight is 182 g/mol. The van der Waals surface area contributed by atoms with Gasteiger partial charge in [0.15, 0.2) is 0 Å². The molecule has 0 aliphatic rings. The zero-order valence-corrected chi connectivity index (χ0v) is 8.15. The van der Waals surface area contributed by atoms with Gasteiger partial charge in [0.2, 0.25) is 0 Å². The van der Waals surface area contributed by atoms with Gasteiger partial charge in [-0.25, -0.2) is 4.79 Å². The first-order valence-electron chi connectivity index (χ1n) is 4.06. The van der Waals surface area contributed by atoms with Crippen LogP contribution in [0.1, 0.15) is 5.76 Å². The van der Waals surface area contributed by atoms with E-state index in [1.165, 1.54) is 4.90 Å². The van der Waals surface area contributed by atoms with Crippen molar-refractivity contribution >= 4 is 6.03 Å². The first-order chi connectivity index (χ1) is 6.11. The molecule has 4 heteroatoms. The third-order valence-electron chi connectivity index (χ3n) is 1.68. The molecule has 0 saturated carbocycles. The van der Waals surface area contributed by atoms with Crippen molar-refractivity contribution in [3.05, 3.63) is 24.2 Å². The second kappa shape index (κ2) is 3.98. The molecule has 72 valence electrons. The van der Waals surface area contributed by atoms with Crippen molar-refractivity contribution in [2.24, 2.45) is 0 Å². The van der Waals surface area contributed by atoms with Crippen molar-refractivity contribution in [2.45, 2.75) is 6.54 Å². The molecule has 0 spiro atoms. The van der Waals surface area contributed by atoms with Crippen LogP contribution in [0.3, 0.4) is 0 Å². The first kappa shape index (κ1) is 9.64. The maximum atomic E-state index is 11.4. The van der Waals surface area contributed by atoms with E-state index in [0.29, 0.717) is 6.54 Å². The Morgan fingerprint density at radius 3 is 2.62 bits per heavy atom. The van der Waals surface area contributed by atoms with Crippen LogP contribution in [0, 0.1) is 0 Å². The lowest BCUT2D eigenvalue weighted by Crippen LogP contribution is -2.35. The molecular weight excluding hydrogens is 168 g/mol. The molecular formula is C9H14N2O2. The largest absolute Gasteiger partial charge is 0.467 e. The SMILES string of the molecule is CN(C)C(=O)N(C)Cc1ccco1. The van der Waals surface area contributed by atoms with Gasteiger partial charge in [0.25, 0.3) is 0 Å². The predicted octanol–water partition coefficient (Wildman–Crippen LogP) is 1.39. The Balaban J connectivity index is 2.51. The van der Waals surface area contributed by atoms with E-state index in [-0.39, 0.29) is 6.03 Å². The summed E-state index contributed by atoms with van der Waals surface area (Å²) in [6, 6.07) is 3.62. The zero-order valence-electron chi connectivity index (χ0n) is 8.15. The third kappa shape index (κ3) is 2.50. The molecule has 13 heavy (non-hydrogen) atoms. The Kier molecular flexibility index (Phi) is 2.95. The van der Waals surface area contributed by atoms with E-state index in [9.17, 15) is 4.79 Å². The van der Waals surface area contributed by atoms with Gasteiger partial charge in [-0.2, -0.15) is 0 Å². The van der Waals surface area contributed by atoms with Crippen LogP contribution in [0.2, 0.25) is 0 Å². The van der Waals surface area contributed by atoms with Crippen molar-refractivity contribution in [2.75, 3.05) is 21.1 Å². The lowest BCUT2D eigenvalue weighted by atomic mass is 10.4. The molecule has 4 nitrogen and oxygen atoms in total. The molecule has 0 aliphatic heterocycles. The lowest BCUT2D eigenvalue weighted by molar-refractivity contribution is 0.176. The molecule has 0 atom stereocenters. The topological polar surface area (TPSA) is 36.7 Å². The molecule has 1 aromatic rings. The normalized spacial score (nSPS) is 9.77. The molecule has 1 rings (SSSR count). The summed E-state index contributed by atoms with van der Waals surface area (Å²) in [5.41, 5.74) is 0. The summed E-state index contributed by atoms with van der Waals surface area (Å²) in [6.07, 6.45) is 1.60. The Hall–Kier alpha value is -1.45. The molecule has 0 N–H and O–H groups in total. The number of rotatable bonds is 2. The van der Waals surface area contributed by atoms with Crippen molar-refractivity contribution in [1.29, 1.82) is 0 Å². The minimum Gasteiger partial charge on any atom is -0.467 e. The highest BCUT2D eigenvalue weighted by Crippen LogP contribution is 2.04. The number of carbonyl (C=O) groups is 1. The van der Waals surface area contributed by atoms with Crippen LogP contribution in [-0.2, 0) is 6.54 Å². The van der Waals surface area contributed by atoms with Crippen LogP contribution in [0.4, 0.5) is 4.79 Å². The second-order valence-electron chi connectivity index (χ2n) is 3.11. The Morgan fingerprint density at radius 2 is 2.15 bits per heavy atom. The highest BCUT2D eigenvalue weighted by atomic mass is 16.3. The quantitative estimate of drug-likeness (QED) is 0.693. The van der Waals surface area contributed by atoms with Gasteiger partial charge in [0.05, 0.1) is 12.8 Å². The fourth-order valence-electron chi connectivity index (χ4n) is 1.05. The van der Waals surface area contributed by atoms with Crippen LogP contribution < -0.4 is 0 Å². The van der Waals surface area contributed by atoms with Crippen molar-refractivity contribution in [3.63, 3.8) is 0 Å². The van der Waals surface area contributed by atoms with Gasteiger partial charge in [0.1, 0.15) is 5.76 Å². The highest BCUT2D eigenvalue weighted by molar-refractivity contribution is 5.73. The van der Waals surface area contributed by atoms with Crippen molar-refractivity contribution in [1.82, 2.24) is 9.80 Å².